The smallest absolute Gasteiger partial charge is 0.748 e. The van der Waals surface area contributed by atoms with Gasteiger partial charge in [-0.25, -0.2) is 8.42 Å². The quantitative estimate of drug-likeness (QED) is 0.146. The summed E-state index contributed by atoms with van der Waals surface area (Å²) >= 11 is 0. The molecule has 0 heterocycles. The monoisotopic (exact) mass is 482 g/mol. The molecule has 1 aromatic carbocycles. The third kappa shape index (κ3) is 20.4. The van der Waals surface area contributed by atoms with Crippen LogP contribution in [0.4, 0.5) is 0 Å². The van der Waals surface area contributed by atoms with Crippen LogP contribution in [-0.2, 0) is 30.7 Å². The summed E-state index contributed by atoms with van der Waals surface area (Å²) in [6.07, 6.45) is 10.4. The zero-order valence-electron chi connectivity index (χ0n) is 19.9. The Bertz CT molecular complexity index is 638. The predicted octanol–water partition coefficient (Wildman–Crippen LogP) is 0.958. The zero-order valence-corrected chi connectivity index (χ0v) is 22.7. The van der Waals surface area contributed by atoms with Gasteiger partial charge in [-0.3, -0.25) is 0 Å². The SMILES string of the molecule is CCCCCCCCCc1ccc(OCCOCCOCCOCCS(=O)(=O)[O-])cc1.[Na+]. The van der Waals surface area contributed by atoms with E-state index in [4.69, 9.17) is 18.9 Å². The molecule has 0 aromatic heterocycles. The summed E-state index contributed by atoms with van der Waals surface area (Å²) in [6.45, 7) is 4.51. The Balaban J connectivity index is 0.00000961. The second kappa shape index (κ2) is 21.4. The van der Waals surface area contributed by atoms with Gasteiger partial charge in [0, 0.05) is 0 Å². The van der Waals surface area contributed by atoms with E-state index in [-0.39, 0.29) is 42.8 Å². The van der Waals surface area contributed by atoms with Gasteiger partial charge in [0.25, 0.3) is 0 Å². The van der Waals surface area contributed by atoms with E-state index in [2.05, 4.69) is 19.1 Å². The summed E-state index contributed by atoms with van der Waals surface area (Å²) in [4.78, 5) is 0. The summed E-state index contributed by atoms with van der Waals surface area (Å²) in [5, 5.41) is 0. The second-order valence-corrected chi connectivity index (χ2v) is 8.99. The Kier molecular flexibility index (Phi) is 21.2. The van der Waals surface area contributed by atoms with Crippen molar-refractivity contribution in [3.63, 3.8) is 0 Å². The van der Waals surface area contributed by atoms with Crippen molar-refractivity contribution in [2.24, 2.45) is 0 Å². The van der Waals surface area contributed by atoms with Crippen LogP contribution in [0.1, 0.15) is 57.4 Å². The third-order valence-electron chi connectivity index (χ3n) is 4.71. The Morgan fingerprint density at radius 2 is 1.22 bits per heavy atom. The number of hydrogen-bond donors (Lipinski definition) is 0. The summed E-state index contributed by atoms with van der Waals surface area (Å²) in [6, 6.07) is 8.29. The van der Waals surface area contributed by atoms with E-state index in [1.54, 1.807) is 0 Å². The first-order valence-corrected chi connectivity index (χ1v) is 13.0. The third-order valence-corrected chi connectivity index (χ3v) is 5.38. The standard InChI is InChI=1S/C23H40O7S.Na/c1-2-3-4-5-6-7-8-9-22-10-12-23(13-11-22)30-19-18-28-15-14-27-16-17-29-20-21-31(24,25)26;/h10-13H,2-9,14-21H2,1H3,(H,24,25,26);/q;+1/p-1. The van der Waals surface area contributed by atoms with Gasteiger partial charge in [-0.15, -0.1) is 0 Å². The van der Waals surface area contributed by atoms with Gasteiger partial charge in [0.2, 0.25) is 0 Å². The molecule has 0 fully saturated rings. The molecular formula is C23H39NaO7S. The van der Waals surface area contributed by atoms with Crippen LogP contribution in [0.15, 0.2) is 24.3 Å². The fraction of sp³-hybridized carbons (Fsp3) is 0.739. The van der Waals surface area contributed by atoms with Crippen LogP contribution in [0.2, 0.25) is 0 Å². The minimum absolute atomic E-state index is 0. The first-order valence-electron chi connectivity index (χ1n) is 11.4. The molecule has 0 saturated carbocycles. The Morgan fingerprint density at radius 3 is 1.78 bits per heavy atom. The van der Waals surface area contributed by atoms with E-state index in [1.807, 2.05) is 12.1 Å². The topological polar surface area (TPSA) is 94.1 Å². The Labute approximate surface area is 216 Å². The molecule has 1 rings (SSSR count). The summed E-state index contributed by atoms with van der Waals surface area (Å²) in [5.74, 6) is 0.332. The zero-order chi connectivity index (χ0) is 22.6. The molecule has 7 nitrogen and oxygen atoms in total. The van der Waals surface area contributed by atoms with Crippen molar-refractivity contribution in [3.05, 3.63) is 29.8 Å². The fourth-order valence-corrected chi connectivity index (χ4v) is 3.28. The molecule has 0 aliphatic carbocycles. The van der Waals surface area contributed by atoms with E-state index >= 15 is 0 Å². The van der Waals surface area contributed by atoms with E-state index in [0.29, 0.717) is 33.0 Å². The van der Waals surface area contributed by atoms with Gasteiger partial charge in [0.05, 0.1) is 55.5 Å². The van der Waals surface area contributed by atoms with Crippen LogP contribution in [0, 0.1) is 0 Å². The van der Waals surface area contributed by atoms with Crippen LogP contribution in [-0.4, -0.2) is 65.0 Å². The molecule has 9 heteroatoms. The molecular weight excluding hydrogens is 443 g/mol. The normalized spacial score (nSPS) is 11.3. The molecule has 0 unspecified atom stereocenters. The Hall–Kier alpha value is -0.190. The summed E-state index contributed by atoms with van der Waals surface area (Å²) < 4.78 is 52.6. The van der Waals surface area contributed by atoms with Crippen molar-refractivity contribution >= 4 is 10.1 Å². The van der Waals surface area contributed by atoms with Gasteiger partial charge in [-0.2, -0.15) is 0 Å². The average Bonchev–Trinajstić information content (AvgIpc) is 2.74. The van der Waals surface area contributed by atoms with Gasteiger partial charge in [-0.05, 0) is 30.5 Å². The van der Waals surface area contributed by atoms with E-state index < -0.39 is 15.9 Å². The molecule has 0 atom stereocenters. The van der Waals surface area contributed by atoms with Crippen molar-refractivity contribution < 1.29 is 61.5 Å². The number of unbranched alkanes of at least 4 members (excludes halogenated alkanes) is 6. The van der Waals surface area contributed by atoms with Gasteiger partial charge in [0.15, 0.2) is 0 Å². The molecule has 0 bridgehead atoms. The van der Waals surface area contributed by atoms with Gasteiger partial charge in [0.1, 0.15) is 12.4 Å². The van der Waals surface area contributed by atoms with E-state index in [9.17, 15) is 13.0 Å². The molecule has 0 spiro atoms. The average molecular weight is 483 g/mol. The van der Waals surface area contributed by atoms with Gasteiger partial charge < -0.3 is 23.5 Å². The molecule has 1 aromatic rings. The molecule has 0 N–H and O–H groups in total. The van der Waals surface area contributed by atoms with E-state index in [0.717, 1.165) is 12.2 Å². The maximum atomic E-state index is 10.4. The molecule has 0 saturated heterocycles. The van der Waals surface area contributed by atoms with Crippen LogP contribution in [0.3, 0.4) is 0 Å². The summed E-state index contributed by atoms with van der Waals surface area (Å²) in [5.41, 5.74) is 1.35. The van der Waals surface area contributed by atoms with Gasteiger partial charge >= 0.3 is 29.6 Å². The maximum absolute atomic E-state index is 10.4. The number of aryl methyl sites for hydroxylation is 1. The minimum Gasteiger partial charge on any atom is -0.748 e. The first-order chi connectivity index (χ1) is 15.0. The van der Waals surface area contributed by atoms with Crippen LogP contribution in [0.25, 0.3) is 0 Å². The molecule has 0 amide bonds. The van der Waals surface area contributed by atoms with Crippen molar-refractivity contribution in [1.82, 2.24) is 0 Å². The van der Waals surface area contributed by atoms with Crippen molar-refractivity contribution in [1.29, 1.82) is 0 Å². The summed E-state index contributed by atoms with van der Waals surface area (Å²) in [7, 11) is -4.21. The Morgan fingerprint density at radius 1 is 0.719 bits per heavy atom. The molecule has 0 aliphatic rings. The molecule has 32 heavy (non-hydrogen) atoms. The number of benzene rings is 1. The number of ether oxygens (including phenoxy) is 4. The number of hydrogen-bond acceptors (Lipinski definition) is 7. The molecule has 0 radical (unpaired) electrons. The number of rotatable bonds is 21. The van der Waals surface area contributed by atoms with E-state index in [1.165, 1.54) is 50.5 Å². The molecule has 0 aliphatic heterocycles. The minimum atomic E-state index is -4.21. The first kappa shape index (κ1) is 31.8. The molecule has 180 valence electrons. The van der Waals surface area contributed by atoms with Crippen LogP contribution < -0.4 is 34.3 Å². The van der Waals surface area contributed by atoms with Crippen molar-refractivity contribution in [2.45, 2.75) is 58.3 Å². The van der Waals surface area contributed by atoms with Gasteiger partial charge in [-0.1, -0.05) is 57.6 Å². The predicted molar refractivity (Wildman–Crippen MR) is 121 cm³/mol. The van der Waals surface area contributed by atoms with Crippen molar-refractivity contribution in [3.8, 4) is 5.75 Å². The maximum Gasteiger partial charge on any atom is 1.00 e. The van der Waals surface area contributed by atoms with Crippen LogP contribution >= 0.6 is 0 Å². The van der Waals surface area contributed by atoms with Crippen molar-refractivity contribution in [2.75, 3.05) is 52.0 Å². The van der Waals surface area contributed by atoms with Crippen LogP contribution in [0.5, 0.6) is 5.75 Å². The largest absolute Gasteiger partial charge is 1.00 e. The fourth-order valence-electron chi connectivity index (χ4n) is 2.96. The second-order valence-electron chi connectivity index (χ2n) is 7.46.